The Balaban J connectivity index is 1.81. The van der Waals surface area contributed by atoms with E-state index in [2.05, 4.69) is 74.7 Å². The van der Waals surface area contributed by atoms with E-state index in [1.807, 2.05) is 57.7 Å². The molecule has 0 atom stereocenters. The first kappa shape index (κ1) is 23.8. The van der Waals surface area contributed by atoms with Gasteiger partial charge in [-0.05, 0) is 81.0 Å². The molecule has 0 aliphatic heterocycles. The summed E-state index contributed by atoms with van der Waals surface area (Å²) in [5, 5.41) is 5.50. The fourth-order valence-electron chi connectivity index (χ4n) is 4.49. The zero-order valence-electron chi connectivity index (χ0n) is 21.4. The first-order valence-electron chi connectivity index (χ1n) is 12.4. The van der Waals surface area contributed by atoms with Gasteiger partial charge < -0.3 is 0 Å². The molecule has 6 nitrogen and oxygen atoms in total. The van der Waals surface area contributed by atoms with Crippen molar-refractivity contribution in [1.82, 2.24) is 19.1 Å². The van der Waals surface area contributed by atoms with Crippen molar-refractivity contribution in [2.24, 2.45) is 5.10 Å². The summed E-state index contributed by atoms with van der Waals surface area (Å²) in [6.45, 7) is 6.21. The highest BCUT2D eigenvalue weighted by atomic mass is 32.1. The standard InChI is InChI=1S/C31H26N6S/c1-20-12-16-23(17-13-20)34-35-28-29-32-25-9-5-6-10-26(25)33-30(28)37(27-11-7-4-8-22(27)3)31(38)36(29)24-18-14-21(2)15-19-24/h4-19,34H,1-3H3. The van der Waals surface area contributed by atoms with Crippen molar-refractivity contribution in [3.05, 3.63) is 124 Å². The Bertz CT molecular complexity index is 1930. The number of rotatable bonds is 4. The van der Waals surface area contributed by atoms with Gasteiger partial charge in [-0.1, -0.05) is 65.7 Å². The maximum atomic E-state index is 6.19. The van der Waals surface area contributed by atoms with Gasteiger partial charge in [-0.2, -0.15) is 5.10 Å². The first-order valence-corrected chi connectivity index (χ1v) is 12.8. The molecule has 2 bridgehead atoms. The third-order valence-corrected chi connectivity index (χ3v) is 6.93. The van der Waals surface area contributed by atoms with E-state index in [9.17, 15) is 0 Å². The van der Waals surface area contributed by atoms with Gasteiger partial charge in [-0.15, -0.1) is 0 Å². The monoisotopic (exact) mass is 514 g/mol. The van der Waals surface area contributed by atoms with Crippen LogP contribution < -0.4 is 10.8 Å². The molecule has 1 N–H and O–H groups in total. The molecule has 0 spiro atoms. The van der Waals surface area contributed by atoms with E-state index >= 15 is 0 Å². The Morgan fingerprint density at radius 1 is 0.658 bits per heavy atom. The molecule has 0 saturated carbocycles. The minimum atomic E-state index is 0.558. The molecule has 0 radical (unpaired) electrons. The smallest absolute Gasteiger partial charge is 0.192 e. The molecule has 0 aliphatic rings. The minimum Gasteiger partial charge on any atom is -0.278 e. The largest absolute Gasteiger partial charge is 0.278 e. The number of nitrogens with one attached hydrogen (secondary N) is 1. The maximum Gasteiger partial charge on any atom is 0.192 e. The van der Waals surface area contributed by atoms with Gasteiger partial charge in [0.05, 0.1) is 22.4 Å². The molecular formula is C31H26N6S. The Morgan fingerprint density at radius 2 is 1.21 bits per heavy atom. The molecule has 38 heavy (non-hydrogen) atoms. The van der Waals surface area contributed by atoms with Crippen molar-refractivity contribution < 1.29 is 0 Å². The number of fused-ring (bicyclic) bond motifs is 3. The van der Waals surface area contributed by atoms with E-state index < -0.39 is 0 Å². The van der Waals surface area contributed by atoms with E-state index in [0.717, 1.165) is 39.2 Å². The van der Waals surface area contributed by atoms with Gasteiger partial charge in [0.1, 0.15) is 0 Å². The molecule has 0 amide bonds. The molecule has 6 rings (SSSR count). The summed E-state index contributed by atoms with van der Waals surface area (Å²) < 4.78 is 4.54. The number of nitrogens with zero attached hydrogens (tertiary/aromatic N) is 5. The molecule has 4 aromatic carbocycles. The highest BCUT2D eigenvalue weighted by Gasteiger charge is 2.17. The average Bonchev–Trinajstić information content (AvgIpc) is 3.04. The fourth-order valence-corrected chi connectivity index (χ4v) is 4.86. The Labute approximate surface area is 225 Å². The van der Waals surface area contributed by atoms with Gasteiger partial charge in [-0.3, -0.25) is 14.6 Å². The van der Waals surface area contributed by atoms with Crippen molar-refractivity contribution in [2.75, 3.05) is 5.43 Å². The van der Waals surface area contributed by atoms with Crippen LogP contribution in [0.3, 0.4) is 0 Å². The molecule has 0 saturated heterocycles. The van der Waals surface area contributed by atoms with E-state index in [4.69, 9.17) is 27.3 Å². The van der Waals surface area contributed by atoms with Crippen LogP contribution in [0.25, 0.3) is 33.7 Å². The SMILES string of the molecule is Cc1ccc(NN=c2c3nc4ccccc4nc2n(-c2ccccc2C)c(=S)n3-c2ccc(C)cc2)cc1. The number of benzene rings is 4. The number of aromatic nitrogens is 4. The van der Waals surface area contributed by atoms with Gasteiger partial charge in [0, 0.05) is 5.69 Å². The van der Waals surface area contributed by atoms with Crippen LogP contribution in [0.2, 0.25) is 0 Å². The second kappa shape index (κ2) is 9.68. The van der Waals surface area contributed by atoms with Crippen molar-refractivity contribution in [1.29, 1.82) is 0 Å². The maximum absolute atomic E-state index is 6.19. The van der Waals surface area contributed by atoms with Crippen LogP contribution in [0, 0.1) is 25.5 Å². The predicted octanol–water partition coefficient (Wildman–Crippen LogP) is 6.95. The predicted molar refractivity (Wildman–Crippen MR) is 156 cm³/mol. The molecule has 7 heteroatoms. The summed E-state index contributed by atoms with van der Waals surface area (Å²) >= 11 is 6.19. The Hall–Kier alpha value is -4.62. The Kier molecular flexibility index (Phi) is 6.05. The quantitative estimate of drug-likeness (QED) is 0.204. The summed E-state index contributed by atoms with van der Waals surface area (Å²) in [4.78, 5) is 10.2. The zero-order valence-corrected chi connectivity index (χ0v) is 22.2. The van der Waals surface area contributed by atoms with E-state index in [1.54, 1.807) is 0 Å². The van der Waals surface area contributed by atoms with E-state index in [-0.39, 0.29) is 0 Å². The average molecular weight is 515 g/mol. The number of hydrogen-bond donors (Lipinski definition) is 1. The number of aryl methyl sites for hydroxylation is 3. The highest BCUT2D eigenvalue weighted by molar-refractivity contribution is 7.71. The summed E-state index contributed by atoms with van der Waals surface area (Å²) in [5.74, 6) is 0. The molecule has 2 heterocycles. The number of hydrogen-bond acceptors (Lipinski definition) is 5. The van der Waals surface area contributed by atoms with Crippen molar-refractivity contribution in [3.8, 4) is 11.4 Å². The second-order valence-electron chi connectivity index (χ2n) is 9.37. The molecule has 2 aromatic heterocycles. The van der Waals surface area contributed by atoms with Crippen LogP contribution in [-0.2, 0) is 0 Å². The van der Waals surface area contributed by atoms with Crippen LogP contribution in [0.4, 0.5) is 5.69 Å². The summed E-state index contributed by atoms with van der Waals surface area (Å²) in [6, 6.07) is 32.4. The molecule has 0 fully saturated rings. The van der Waals surface area contributed by atoms with Crippen LogP contribution in [-0.4, -0.2) is 19.1 Å². The Morgan fingerprint density at radius 3 is 1.84 bits per heavy atom. The lowest BCUT2D eigenvalue weighted by Crippen LogP contribution is -2.23. The minimum absolute atomic E-state index is 0.558. The van der Waals surface area contributed by atoms with Crippen LogP contribution in [0.1, 0.15) is 16.7 Å². The topological polar surface area (TPSA) is 60.0 Å². The second-order valence-corrected chi connectivity index (χ2v) is 9.74. The lowest BCUT2D eigenvalue weighted by Gasteiger charge is -2.17. The van der Waals surface area contributed by atoms with E-state index in [1.165, 1.54) is 5.56 Å². The zero-order chi connectivity index (χ0) is 26.2. The summed E-state index contributed by atoms with van der Waals surface area (Å²) in [7, 11) is 0. The third kappa shape index (κ3) is 4.27. The number of para-hydroxylation sites is 3. The van der Waals surface area contributed by atoms with Crippen molar-refractivity contribution in [3.63, 3.8) is 0 Å². The fraction of sp³-hybridized carbons (Fsp3) is 0.0968. The van der Waals surface area contributed by atoms with Crippen LogP contribution in [0.15, 0.2) is 102 Å². The lowest BCUT2D eigenvalue weighted by molar-refractivity contribution is 0.881. The third-order valence-electron chi connectivity index (χ3n) is 6.56. The lowest BCUT2D eigenvalue weighted by atomic mass is 10.2. The molecule has 6 aromatic rings. The number of anilines is 1. The van der Waals surface area contributed by atoms with Gasteiger partial charge in [0.2, 0.25) is 0 Å². The van der Waals surface area contributed by atoms with Gasteiger partial charge in [-0.25, -0.2) is 9.97 Å². The summed E-state index contributed by atoms with van der Waals surface area (Å²) in [6.07, 6.45) is 0. The highest BCUT2D eigenvalue weighted by Crippen LogP contribution is 2.22. The van der Waals surface area contributed by atoms with Crippen LogP contribution in [0.5, 0.6) is 0 Å². The normalized spacial score (nSPS) is 11.8. The van der Waals surface area contributed by atoms with Crippen molar-refractivity contribution in [2.45, 2.75) is 20.8 Å². The molecule has 0 unspecified atom stereocenters. The molecular weight excluding hydrogens is 488 g/mol. The van der Waals surface area contributed by atoms with E-state index in [0.29, 0.717) is 21.4 Å². The summed E-state index contributed by atoms with van der Waals surface area (Å²) in [5.41, 5.74) is 12.1. The van der Waals surface area contributed by atoms with Crippen LogP contribution >= 0.6 is 12.2 Å². The van der Waals surface area contributed by atoms with Gasteiger partial charge in [0.15, 0.2) is 21.4 Å². The molecule has 0 aliphatic carbocycles. The molecule has 186 valence electrons. The van der Waals surface area contributed by atoms with Gasteiger partial charge >= 0.3 is 0 Å². The first-order chi connectivity index (χ1) is 18.5. The van der Waals surface area contributed by atoms with Crippen molar-refractivity contribution >= 4 is 40.2 Å². The van der Waals surface area contributed by atoms with Gasteiger partial charge in [0.25, 0.3) is 0 Å².